The number of carbonyl (C=O) groups is 1. The molecule has 1 aliphatic rings. The van der Waals surface area contributed by atoms with E-state index in [1.165, 1.54) is 11.3 Å². The molecular weight excluding hydrogens is 382 g/mol. The van der Waals surface area contributed by atoms with Gasteiger partial charge in [0.25, 0.3) is 5.91 Å². The molecule has 4 heteroatoms. The molecule has 0 unspecified atom stereocenters. The van der Waals surface area contributed by atoms with Gasteiger partial charge in [-0.3, -0.25) is 4.79 Å². The van der Waals surface area contributed by atoms with Crippen molar-refractivity contribution in [3.05, 3.63) is 70.3 Å². The first-order valence-corrected chi connectivity index (χ1v) is 10.8. The lowest BCUT2D eigenvalue weighted by Crippen LogP contribution is -2.45. The van der Waals surface area contributed by atoms with Crippen molar-refractivity contribution in [2.45, 2.75) is 53.5 Å². The SMILES string of the molecule is CCCN1c2ccc(/C=C(\C#N)C(=O)Nc3cccc(C)c3C)cc2C(C)=CC1(C)C. The van der Waals surface area contributed by atoms with Crippen LogP contribution in [0.3, 0.4) is 0 Å². The van der Waals surface area contributed by atoms with Crippen LogP contribution in [0.4, 0.5) is 11.4 Å². The Balaban J connectivity index is 1.94. The highest BCUT2D eigenvalue weighted by atomic mass is 16.1. The zero-order valence-corrected chi connectivity index (χ0v) is 19.3. The number of hydrogen-bond acceptors (Lipinski definition) is 3. The summed E-state index contributed by atoms with van der Waals surface area (Å²) in [7, 11) is 0. The Kier molecular flexibility index (Phi) is 6.36. The fourth-order valence-electron chi connectivity index (χ4n) is 4.21. The molecule has 0 fully saturated rings. The molecular formula is C27H31N3O. The molecule has 160 valence electrons. The molecule has 1 amide bonds. The number of amides is 1. The van der Waals surface area contributed by atoms with Gasteiger partial charge in [-0.05, 0) is 87.6 Å². The maximum absolute atomic E-state index is 12.8. The van der Waals surface area contributed by atoms with Gasteiger partial charge in [-0.2, -0.15) is 5.26 Å². The summed E-state index contributed by atoms with van der Waals surface area (Å²) in [6.45, 7) is 13.7. The summed E-state index contributed by atoms with van der Waals surface area (Å²) in [4.78, 5) is 15.2. The zero-order chi connectivity index (χ0) is 22.8. The van der Waals surface area contributed by atoms with Crippen molar-refractivity contribution in [1.82, 2.24) is 0 Å². The molecule has 4 nitrogen and oxygen atoms in total. The van der Waals surface area contributed by atoms with Crippen LogP contribution in [0, 0.1) is 25.2 Å². The molecule has 0 atom stereocenters. The van der Waals surface area contributed by atoms with Gasteiger partial charge in [0.15, 0.2) is 0 Å². The smallest absolute Gasteiger partial charge is 0.266 e. The lowest BCUT2D eigenvalue weighted by Gasteiger charge is -2.43. The quantitative estimate of drug-likeness (QED) is 0.465. The van der Waals surface area contributed by atoms with Crippen LogP contribution in [0.15, 0.2) is 48.0 Å². The van der Waals surface area contributed by atoms with Gasteiger partial charge in [0.1, 0.15) is 11.6 Å². The standard InChI is InChI=1S/C27H31N3O/c1-7-13-30-25-12-11-21(15-23(25)19(3)16-27(30,5)6)14-22(17-28)26(31)29-24-10-8-9-18(2)20(24)4/h8-12,14-16H,7,13H2,1-6H3,(H,29,31)/b22-14+. The molecule has 3 rings (SSSR count). The molecule has 2 aromatic carbocycles. The van der Waals surface area contributed by atoms with Gasteiger partial charge in [-0.25, -0.2) is 0 Å². The van der Waals surface area contributed by atoms with Crippen molar-refractivity contribution in [2.75, 3.05) is 16.8 Å². The van der Waals surface area contributed by atoms with Crippen molar-refractivity contribution in [3.63, 3.8) is 0 Å². The Morgan fingerprint density at radius 2 is 1.94 bits per heavy atom. The average molecular weight is 414 g/mol. The van der Waals surface area contributed by atoms with Gasteiger partial charge in [-0.15, -0.1) is 0 Å². The highest BCUT2D eigenvalue weighted by Crippen LogP contribution is 2.39. The summed E-state index contributed by atoms with van der Waals surface area (Å²) in [6.07, 6.45) is 5.02. The van der Waals surface area contributed by atoms with Crippen LogP contribution in [0.25, 0.3) is 11.6 Å². The van der Waals surface area contributed by atoms with Gasteiger partial charge in [0.05, 0.1) is 5.54 Å². The predicted octanol–water partition coefficient (Wildman–Crippen LogP) is 6.26. The van der Waals surface area contributed by atoms with Gasteiger partial charge < -0.3 is 10.2 Å². The Labute approximate surface area is 185 Å². The van der Waals surface area contributed by atoms with E-state index in [4.69, 9.17) is 0 Å². The first kappa shape index (κ1) is 22.4. The summed E-state index contributed by atoms with van der Waals surface area (Å²) >= 11 is 0. The lowest BCUT2D eigenvalue weighted by molar-refractivity contribution is -0.112. The van der Waals surface area contributed by atoms with Crippen molar-refractivity contribution in [2.24, 2.45) is 0 Å². The number of rotatable bonds is 5. The third-order valence-corrected chi connectivity index (χ3v) is 5.98. The number of hydrogen-bond donors (Lipinski definition) is 1. The van der Waals surface area contributed by atoms with E-state index >= 15 is 0 Å². The number of nitrogens with zero attached hydrogens (tertiary/aromatic N) is 2. The Hall–Kier alpha value is -3.32. The molecule has 31 heavy (non-hydrogen) atoms. The van der Waals surface area contributed by atoms with Crippen LogP contribution < -0.4 is 10.2 Å². The van der Waals surface area contributed by atoms with Crippen LogP contribution in [0.2, 0.25) is 0 Å². The van der Waals surface area contributed by atoms with E-state index in [1.54, 1.807) is 6.08 Å². The molecule has 0 spiro atoms. The third-order valence-electron chi connectivity index (χ3n) is 5.98. The molecule has 2 aromatic rings. The number of aryl methyl sites for hydroxylation is 1. The van der Waals surface area contributed by atoms with E-state index in [0.717, 1.165) is 40.9 Å². The topological polar surface area (TPSA) is 56.1 Å². The molecule has 1 N–H and O–H groups in total. The van der Waals surface area contributed by atoms with Crippen molar-refractivity contribution in [3.8, 4) is 6.07 Å². The maximum atomic E-state index is 12.8. The highest BCUT2D eigenvalue weighted by Gasteiger charge is 2.30. The number of anilines is 2. The number of allylic oxidation sites excluding steroid dienone is 1. The Bertz CT molecular complexity index is 1120. The normalized spacial score (nSPS) is 15.1. The summed E-state index contributed by atoms with van der Waals surface area (Å²) in [5, 5.41) is 12.5. The molecule has 0 aromatic heterocycles. The van der Waals surface area contributed by atoms with E-state index < -0.39 is 5.91 Å². The molecule has 0 saturated heterocycles. The second kappa shape index (κ2) is 8.81. The fourth-order valence-corrected chi connectivity index (χ4v) is 4.21. The van der Waals surface area contributed by atoms with Crippen molar-refractivity contribution >= 4 is 28.9 Å². The minimum atomic E-state index is -0.394. The number of fused-ring (bicyclic) bond motifs is 1. The summed E-state index contributed by atoms with van der Waals surface area (Å²) in [6, 6.07) is 14.0. The van der Waals surface area contributed by atoms with Crippen LogP contribution in [0.1, 0.15) is 56.4 Å². The zero-order valence-electron chi connectivity index (χ0n) is 19.3. The largest absolute Gasteiger partial charge is 0.362 e. The lowest BCUT2D eigenvalue weighted by atomic mass is 9.87. The van der Waals surface area contributed by atoms with Gasteiger partial charge in [0.2, 0.25) is 0 Å². The number of nitriles is 1. The Morgan fingerprint density at radius 1 is 1.19 bits per heavy atom. The van der Waals surface area contributed by atoms with Crippen LogP contribution >= 0.6 is 0 Å². The average Bonchev–Trinajstić information content (AvgIpc) is 2.72. The van der Waals surface area contributed by atoms with E-state index in [1.807, 2.05) is 38.1 Å². The van der Waals surface area contributed by atoms with E-state index in [9.17, 15) is 10.1 Å². The number of carbonyl (C=O) groups excluding carboxylic acids is 1. The highest BCUT2D eigenvalue weighted by molar-refractivity contribution is 6.10. The van der Waals surface area contributed by atoms with E-state index in [2.05, 4.69) is 62.2 Å². The fraction of sp³-hybridized carbons (Fsp3) is 0.333. The molecule has 0 saturated carbocycles. The monoisotopic (exact) mass is 413 g/mol. The van der Waals surface area contributed by atoms with Gasteiger partial charge in [-0.1, -0.05) is 31.2 Å². The minimum absolute atomic E-state index is 0.0478. The van der Waals surface area contributed by atoms with Crippen molar-refractivity contribution < 1.29 is 4.79 Å². The first-order chi connectivity index (χ1) is 14.7. The first-order valence-electron chi connectivity index (χ1n) is 10.8. The molecule has 1 heterocycles. The van der Waals surface area contributed by atoms with Gasteiger partial charge in [0, 0.05) is 23.5 Å². The summed E-state index contributed by atoms with van der Waals surface area (Å²) < 4.78 is 0. The van der Waals surface area contributed by atoms with Gasteiger partial charge >= 0.3 is 0 Å². The third kappa shape index (κ3) is 4.56. The van der Waals surface area contributed by atoms with Crippen LogP contribution in [-0.4, -0.2) is 18.0 Å². The molecule has 0 aliphatic carbocycles. The second-order valence-electron chi connectivity index (χ2n) is 8.78. The maximum Gasteiger partial charge on any atom is 0.266 e. The van der Waals surface area contributed by atoms with E-state index in [0.29, 0.717) is 0 Å². The predicted molar refractivity (Wildman–Crippen MR) is 130 cm³/mol. The minimum Gasteiger partial charge on any atom is -0.362 e. The number of benzene rings is 2. The number of nitrogens with one attached hydrogen (secondary N) is 1. The van der Waals surface area contributed by atoms with Crippen LogP contribution in [-0.2, 0) is 4.79 Å². The summed E-state index contributed by atoms with van der Waals surface area (Å²) in [5.41, 5.74) is 7.26. The Morgan fingerprint density at radius 3 is 2.61 bits per heavy atom. The summed E-state index contributed by atoms with van der Waals surface area (Å²) in [5.74, 6) is -0.394. The second-order valence-corrected chi connectivity index (χ2v) is 8.78. The molecule has 0 bridgehead atoms. The van der Waals surface area contributed by atoms with Crippen LogP contribution in [0.5, 0.6) is 0 Å². The molecule has 1 aliphatic heterocycles. The van der Waals surface area contributed by atoms with Crippen molar-refractivity contribution in [1.29, 1.82) is 5.26 Å². The van der Waals surface area contributed by atoms with E-state index in [-0.39, 0.29) is 11.1 Å². The molecule has 0 radical (unpaired) electrons.